The first-order chi connectivity index (χ1) is 9.91. The lowest BCUT2D eigenvalue weighted by Gasteiger charge is -2.01. The zero-order chi connectivity index (χ0) is 16.1. The summed E-state index contributed by atoms with van der Waals surface area (Å²) in [6, 6.07) is 0. The van der Waals surface area contributed by atoms with E-state index in [1.54, 1.807) is 0 Å². The standard InChI is InChI=1S/C20H34S/c1-17(2)9-7-11-19(5)13-15-21-16-14-20(6)12-8-10-18(3)4/h9-10,13-14H,7-8,11-12,15-16H2,1-6H3/b19-13+,20-14+. The van der Waals surface area contributed by atoms with Gasteiger partial charge in [0.1, 0.15) is 0 Å². The zero-order valence-electron chi connectivity index (χ0n) is 15.0. The SMILES string of the molecule is CC(C)=CCC/C(C)=C/CSC/C=C(\C)CCC=C(C)C. The maximum absolute atomic E-state index is 2.38. The van der Waals surface area contributed by atoms with Crippen LogP contribution in [0.1, 0.15) is 67.2 Å². The third kappa shape index (κ3) is 15.5. The minimum Gasteiger partial charge on any atom is -0.154 e. The molecule has 0 atom stereocenters. The van der Waals surface area contributed by atoms with Gasteiger partial charge in [0.2, 0.25) is 0 Å². The van der Waals surface area contributed by atoms with Crippen LogP contribution in [0.5, 0.6) is 0 Å². The van der Waals surface area contributed by atoms with Crippen molar-refractivity contribution in [2.45, 2.75) is 67.2 Å². The maximum atomic E-state index is 2.38. The van der Waals surface area contributed by atoms with E-state index < -0.39 is 0 Å². The number of rotatable bonds is 10. The largest absolute Gasteiger partial charge is 0.154 e. The average molecular weight is 307 g/mol. The molecule has 21 heavy (non-hydrogen) atoms. The second-order valence-corrected chi connectivity index (χ2v) is 7.35. The fourth-order valence-electron chi connectivity index (χ4n) is 1.85. The molecule has 0 aromatic rings. The molecule has 0 aromatic heterocycles. The molecule has 0 spiro atoms. The highest BCUT2D eigenvalue weighted by molar-refractivity contribution is 7.99. The lowest BCUT2D eigenvalue weighted by Crippen LogP contribution is -1.83. The van der Waals surface area contributed by atoms with Crippen molar-refractivity contribution < 1.29 is 0 Å². The molecular weight excluding hydrogens is 272 g/mol. The summed E-state index contributed by atoms with van der Waals surface area (Å²) in [6.07, 6.45) is 14.2. The molecule has 0 fully saturated rings. The third-order valence-electron chi connectivity index (χ3n) is 3.28. The molecule has 0 saturated carbocycles. The molecule has 0 radical (unpaired) electrons. The molecular formula is C20H34S. The summed E-state index contributed by atoms with van der Waals surface area (Å²) < 4.78 is 0. The molecule has 0 saturated heterocycles. The molecule has 0 unspecified atom stereocenters. The molecule has 0 amide bonds. The van der Waals surface area contributed by atoms with E-state index in [2.05, 4.69) is 65.8 Å². The fraction of sp³-hybridized carbons (Fsp3) is 0.600. The topological polar surface area (TPSA) is 0 Å². The van der Waals surface area contributed by atoms with Crippen LogP contribution in [0, 0.1) is 0 Å². The number of thioether (sulfide) groups is 1. The molecule has 0 aliphatic rings. The molecule has 0 bridgehead atoms. The van der Waals surface area contributed by atoms with Gasteiger partial charge in [0.15, 0.2) is 0 Å². The van der Waals surface area contributed by atoms with Crippen molar-refractivity contribution in [1.29, 1.82) is 0 Å². The Morgan fingerprint density at radius 1 is 0.619 bits per heavy atom. The number of allylic oxidation sites excluding steroid dienone is 6. The lowest BCUT2D eigenvalue weighted by atomic mass is 10.1. The molecule has 0 aliphatic heterocycles. The highest BCUT2D eigenvalue weighted by atomic mass is 32.2. The summed E-state index contributed by atoms with van der Waals surface area (Å²) in [5.74, 6) is 2.27. The van der Waals surface area contributed by atoms with Gasteiger partial charge in [0, 0.05) is 11.5 Å². The molecule has 0 aliphatic carbocycles. The van der Waals surface area contributed by atoms with Crippen molar-refractivity contribution in [2.24, 2.45) is 0 Å². The predicted octanol–water partition coefficient (Wildman–Crippen LogP) is 7.11. The second-order valence-electron chi connectivity index (χ2n) is 6.28. The van der Waals surface area contributed by atoms with Gasteiger partial charge in [-0.05, 0) is 67.2 Å². The molecule has 1 heteroatoms. The van der Waals surface area contributed by atoms with E-state index in [4.69, 9.17) is 0 Å². The van der Waals surface area contributed by atoms with Gasteiger partial charge in [0.25, 0.3) is 0 Å². The van der Waals surface area contributed by atoms with Crippen LogP contribution in [-0.2, 0) is 0 Å². The quantitative estimate of drug-likeness (QED) is 0.306. The normalized spacial score (nSPS) is 12.3. The Bertz CT molecular complexity index is 348. The molecule has 0 heterocycles. The van der Waals surface area contributed by atoms with E-state index in [1.807, 2.05) is 11.8 Å². The van der Waals surface area contributed by atoms with Crippen LogP contribution in [0.2, 0.25) is 0 Å². The van der Waals surface area contributed by atoms with E-state index in [0.29, 0.717) is 0 Å². The fourth-order valence-corrected chi connectivity index (χ4v) is 2.79. The van der Waals surface area contributed by atoms with Crippen LogP contribution in [0.3, 0.4) is 0 Å². The van der Waals surface area contributed by atoms with E-state index >= 15 is 0 Å². The Labute approximate surface area is 137 Å². The summed E-state index contributed by atoms with van der Waals surface area (Å²) in [7, 11) is 0. The van der Waals surface area contributed by atoms with Gasteiger partial charge in [-0.2, -0.15) is 11.8 Å². The minimum absolute atomic E-state index is 1.14. The van der Waals surface area contributed by atoms with E-state index in [1.165, 1.54) is 48.0 Å². The van der Waals surface area contributed by atoms with Crippen molar-refractivity contribution in [3.8, 4) is 0 Å². The Balaban J connectivity index is 3.78. The van der Waals surface area contributed by atoms with Crippen molar-refractivity contribution in [3.63, 3.8) is 0 Å². The molecule has 0 rings (SSSR count). The maximum Gasteiger partial charge on any atom is 0.0118 e. The second kappa shape index (κ2) is 13.0. The van der Waals surface area contributed by atoms with Crippen LogP contribution in [-0.4, -0.2) is 11.5 Å². The van der Waals surface area contributed by atoms with Crippen LogP contribution in [0.15, 0.2) is 46.6 Å². The van der Waals surface area contributed by atoms with Crippen LogP contribution >= 0.6 is 11.8 Å². The molecule has 0 aromatic carbocycles. The number of hydrogen-bond donors (Lipinski definition) is 0. The molecule has 0 nitrogen and oxygen atoms in total. The summed E-state index contributed by atoms with van der Waals surface area (Å²) in [5, 5.41) is 0. The smallest absolute Gasteiger partial charge is 0.0118 e. The Morgan fingerprint density at radius 3 is 1.33 bits per heavy atom. The highest BCUT2D eigenvalue weighted by Crippen LogP contribution is 2.12. The van der Waals surface area contributed by atoms with Gasteiger partial charge in [-0.3, -0.25) is 0 Å². The van der Waals surface area contributed by atoms with Crippen molar-refractivity contribution >= 4 is 11.8 Å². The first kappa shape index (κ1) is 20.3. The van der Waals surface area contributed by atoms with Gasteiger partial charge >= 0.3 is 0 Å². The predicted molar refractivity (Wildman–Crippen MR) is 102 cm³/mol. The van der Waals surface area contributed by atoms with E-state index in [0.717, 1.165) is 11.5 Å². The summed E-state index contributed by atoms with van der Waals surface area (Å²) >= 11 is 2.01. The van der Waals surface area contributed by atoms with Crippen molar-refractivity contribution in [3.05, 3.63) is 46.6 Å². The van der Waals surface area contributed by atoms with Crippen LogP contribution < -0.4 is 0 Å². The average Bonchev–Trinajstić information content (AvgIpc) is 2.37. The minimum atomic E-state index is 1.14. The Morgan fingerprint density at radius 2 is 1.00 bits per heavy atom. The van der Waals surface area contributed by atoms with Gasteiger partial charge in [0.05, 0.1) is 0 Å². The Hall–Kier alpha value is -0.690. The first-order valence-electron chi connectivity index (χ1n) is 8.07. The van der Waals surface area contributed by atoms with Crippen LogP contribution in [0.25, 0.3) is 0 Å². The van der Waals surface area contributed by atoms with Gasteiger partial charge in [-0.1, -0.05) is 46.6 Å². The molecule has 120 valence electrons. The van der Waals surface area contributed by atoms with Crippen molar-refractivity contribution in [1.82, 2.24) is 0 Å². The highest BCUT2D eigenvalue weighted by Gasteiger charge is 1.91. The summed E-state index contributed by atoms with van der Waals surface area (Å²) in [5.41, 5.74) is 5.88. The summed E-state index contributed by atoms with van der Waals surface area (Å²) in [6.45, 7) is 13.2. The van der Waals surface area contributed by atoms with Gasteiger partial charge in [-0.25, -0.2) is 0 Å². The Kier molecular flexibility index (Phi) is 12.6. The monoisotopic (exact) mass is 306 g/mol. The van der Waals surface area contributed by atoms with Gasteiger partial charge < -0.3 is 0 Å². The van der Waals surface area contributed by atoms with E-state index in [9.17, 15) is 0 Å². The van der Waals surface area contributed by atoms with Gasteiger partial charge in [-0.15, -0.1) is 0 Å². The number of hydrogen-bond acceptors (Lipinski definition) is 1. The van der Waals surface area contributed by atoms with Crippen LogP contribution in [0.4, 0.5) is 0 Å². The first-order valence-corrected chi connectivity index (χ1v) is 9.23. The van der Waals surface area contributed by atoms with E-state index in [-0.39, 0.29) is 0 Å². The lowest BCUT2D eigenvalue weighted by molar-refractivity contribution is 0.963. The molecule has 0 N–H and O–H groups in total. The third-order valence-corrected chi connectivity index (χ3v) is 4.09. The van der Waals surface area contributed by atoms with Crippen molar-refractivity contribution in [2.75, 3.05) is 11.5 Å². The zero-order valence-corrected chi connectivity index (χ0v) is 15.8. The summed E-state index contributed by atoms with van der Waals surface area (Å²) in [4.78, 5) is 0.